The van der Waals surface area contributed by atoms with Crippen molar-refractivity contribution in [2.75, 3.05) is 6.61 Å². The standard InChI is InChI=1S/C30H33NO6/c1-5-36-28(35)26(33)25(32)24(27(34)37-29(2,3)4)31-30(19-13-7-6-8-14-19)22-17-11-9-15-20(22)21-16-10-12-18-23(21)30/h6-18,24-26,31-33H,5H2,1-4H3/t24-,25-,26+/m0/s1. The van der Waals surface area contributed by atoms with Gasteiger partial charge in [0.05, 0.1) is 12.1 Å². The molecule has 0 radical (unpaired) electrons. The Morgan fingerprint density at radius 3 is 1.86 bits per heavy atom. The van der Waals surface area contributed by atoms with Gasteiger partial charge in [0, 0.05) is 0 Å². The topological polar surface area (TPSA) is 105 Å². The van der Waals surface area contributed by atoms with Crippen molar-refractivity contribution in [2.24, 2.45) is 0 Å². The fourth-order valence-corrected chi connectivity index (χ4v) is 4.90. The summed E-state index contributed by atoms with van der Waals surface area (Å²) in [5, 5.41) is 25.3. The molecule has 7 nitrogen and oxygen atoms in total. The van der Waals surface area contributed by atoms with E-state index < -0.39 is 41.3 Å². The molecule has 1 aliphatic carbocycles. The van der Waals surface area contributed by atoms with Gasteiger partial charge in [0.2, 0.25) is 0 Å². The minimum atomic E-state index is -1.97. The summed E-state index contributed by atoms with van der Waals surface area (Å²) in [4.78, 5) is 25.9. The third kappa shape index (κ3) is 5.03. The van der Waals surface area contributed by atoms with Crippen LogP contribution in [0.15, 0.2) is 78.9 Å². The van der Waals surface area contributed by atoms with Crippen molar-refractivity contribution >= 4 is 11.9 Å². The van der Waals surface area contributed by atoms with Crippen LogP contribution in [0, 0.1) is 0 Å². The van der Waals surface area contributed by atoms with Crippen molar-refractivity contribution in [3.8, 4) is 11.1 Å². The van der Waals surface area contributed by atoms with Crippen molar-refractivity contribution in [3.05, 3.63) is 95.6 Å². The smallest absolute Gasteiger partial charge is 0.337 e. The number of carbonyl (C=O) groups excluding carboxylic acids is 2. The summed E-state index contributed by atoms with van der Waals surface area (Å²) in [6, 6.07) is 23.7. The fourth-order valence-electron chi connectivity index (χ4n) is 4.90. The number of hydrogen-bond donors (Lipinski definition) is 3. The first-order valence-electron chi connectivity index (χ1n) is 12.4. The lowest BCUT2D eigenvalue weighted by Crippen LogP contribution is -2.61. The van der Waals surface area contributed by atoms with Gasteiger partial charge in [0.1, 0.15) is 17.7 Å². The van der Waals surface area contributed by atoms with Crippen molar-refractivity contribution in [2.45, 2.75) is 57.1 Å². The summed E-state index contributed by atoms with van der Waals surface area (Å²) in [6.45, 7) is 6.75. The van der Waals surface area contributed by atoms with Crippen LogP contribution in [0.1, 0.15) is 44.4 Å². The van der Waals surface area contributed by atoms with Gasteiger partial charge in [-0.2, -0.15) is 0 Å². The van der Waals surface area contributed by atoms with E-state index >= 15 is 0 Å². The average Bonchev–Trinajstić information content (AvgIpc) is 3.17. The molecule has 4 rings (SSSR count). The zero-order valence-electron chi connectivity index (χ0n) is 21.5. The number of aliphatic hydroxyl groups is 2. The molecule has 37 heavy (non-hydrogen) atoms. The third-order valence-electron chi connectivity index (χ3n) is 6.38. The van der Waals surface area contributed by atoms with Gasteiger partial charge in [-0.25, -0.2) is 4.79 Å². The zero-order valence-corrected chi connectivity index (χ0v) is 21.5. The molecule has 0 unspecified atom stereocenters. The summed E-state index contributed by atoms with van der Waals surface area (Å²) < 4.78 is 10.6. The van der Waals surface area contributed by atoms with E-state index in [-0.39, 0.29) is 6.61 Å². The monoisotopic (exact) mass is 503 g/mol. The minimum Gasteiger partial charge on any atom is -0.464 e. The van der Waals surface area contributed by atoms with Crippen LogP contribution in [-0.4, -0.2) is 52.6 Å². The maximum absolute atomic E-state index is 13.6. The Balaban J connectivity index is 1.92. The van der Waals surface area contributed by atoms with Gasteiger partial charge in [-0.1, -0.05) is 78.9 Å². The Kier molecular flexibility index (Phi) is 7.50. The molecule has 0 heterocycles. The number of esters is 2. The first-order valence-corrected chi connectivity index (χ1v) is 12.4. The average molecular weight is 504 g/mol. The van der Waals surface area contributed by atoms with Crippen molar-refractivity contribution < 1.29 is 29.3 Å². The summed E-state index contributed by atoms with van der Waals surface area (Å²) in [5.41, 5.74) is 2.53. The molecule has 3 atom stereocenters. The number of rotatable bonds is 8. The van der Waals surface area contributed by atoms with Gasteiger partial charge in [-0.15, -0.1) is 0 Å². The molecule has 0 spiro atoms. The molecule has 0 amide bonds. The largest absolute Gasteiger partial charge is 0.464 e. The van der Waals surface area contributed by atoms with Gasteiger partial charge < -0.3 is 19.7 Å². The van der Waals surface area contributed by atoms with Crippen LogP contribution in [0.25, 0.3) is 11.1 Å². The van der Waals surface area contributed by atoms with E-state index in [1.54, 1.807) is 27.7 Å². The lowest BCUT2D eigenvalue weighted by Gasteiger charge is -2.39. The van der Waals surface area contributed by atoms with Gasteiger partial charge in [-0.05, 0) is 55.5 Å². The van der Waals surface area contributed by atoms with E-state index in [1.807, 2.05) is 78.9 Å². The third-order valence-corrected chi connectivity index (χ3v) is 6.38. The molecule has 0 saturated heterocycles. The van der Waals surface area contributed by atoms with E-state index in [1.165, 1.54) is 0 Å². The molecule has 0 aromatic heterocycles. The Morgan fingerprint density at radius 2 is 1.35 bits per heavy atom. The molecule has 0 fully saturated rings. The second-order valence-corrected chi connectivity index (χ2v) is 10.1. The van der Waals surface area contributed by atoms with E-state index in [2.05, 4.69) is 5.32 Å². The number of carbonyl (C=O) groups is 2. The Morgan fingerprint density at radius 1 is 0.838 bits per heavy atom. The maximum Gasteiger partial charge on any atom is 0.337 e. The van der Waals surface area contributed by atoms with Crippen LogP contribution in [0.3, 0.4) is 0 Å². The molecule has 1 aliphatic rings. The normalized spacial score (nSPS) is 16.2. The molecule has 3 aromatic carbocycles. The van der Waals surface area contributed by atoms with Crippen molar-refractivity contribution in [1.82, 2.24) is 5.32 Å². The van der Waals surface area contributed by atoms with Crippen LogP contribution >= 0.6 is 0 Å². The van der Waals surface area contributed by atoms with Gasteiger partial charge in [0.15, 0.2) is 6.10 Å². The van der Waals surface area contributed by atoms with Crippen LogP contribution in [-0.2, 0) is 24.6 Å². The van der Waals surface area contributed by atoms with Crippen LogP contribution in [0.4, 0.5) is 0 Å². The van der Waals surface area contributed by atoms with E-state index in [9.17, 15) is 19.8 Å². The Labute approximate surface area is 217 Å². The molecule has 0 saturated carbocycles. The van der Waals surface area contributed by atoms with E-state index in [4.69, 9.17) is 9.47 Å². The summed E-state index contributed by atoms with van der Waals surface area (Å²) >= 11 is 0. The summed E-state index contributed by atoms with van der Waals surface area (Å²) in [5.74, 6) is -1.83. The van der Waals surface area contributed by atoms with Crippen LogP contribution < -0.4 is 5.32 Å². The number of nitrogens with one attached hydrogen (secondary N) is 1. The second kappa shape index (κ2) is 10.5. The highest BCUT2D eigenvalue weighted by atomic mass is 16.6. The molecular weight excluding hydrogens is 470 g/mol. The number of fused-ring (bicyclic) bond motifs is 3. The summed E-state index contributed by atoms with van der Waals surface area (Å²) in [7, 11) is 0. The lowest BCUT2D eigenvalue weighted by molar-refractivity contribution is -0.170. The van der Waals surface area contributed by atoms with E-state index in [0.29, 0.717) is 0 Å². The number of aliphatic hydroxyl groups excluding tert-OH is 2. The van der Waals surface area contributed by atoms with Crippen molar-refractivity contribution in [1.29, 1.82) is 0 Å². The van der Waals surface area contributed by atoms with Gasteiger partial charge in [0.25, 0.3) is 0 Å². The van der Waals surface area contributed by atoms with Crippen LogP contribution in [0.2, 0.25) is 0 Å². The second-order valence-electron chi connectivity index (χ2n) is 10.1. The first kappa shape index (κ1) is 26.5. The molecule has 7 heteroatoms. The number of benzene rings is 3. The van der Waals surface area contributed by atoms with E-state index in [0.717, 1.165) is 27.8 Å². The molecule has 0 aliphatic heterocycles. The molecular formula is C30H33NO6. The summed E-state index contributed by atoms with van der Waals surface area (Å²) in [6.07, 6.45) is -3.82. The van der Waals surface area contributed by atoms with Crippen molar-refractivity contribution in [3.63, 3.8) is 0 Å². The lowest BCUT2D eigenvalue weighted by atomic mass is 9.79. The highest BCUT2D eigenvalue weighted by Gasteiger charge is 2.50. The Hall–Kier alpha value is -3.52. The highest BCUT2D eigenvalue weighted by Crippen LogP contribution is 2.51. The maximum atomic E-state index is 13.6. The SMILES string of the molecule is CCOC(=O)[C@H](O)[C@@H](O)[C@H](NC1(c2ccccc2)c2ccccc2-c2ccccc21)C(=O)OC(C)(C)C. The molecule has 3 N–H and O–H groups in total. The molecule has 0 bridgehead atoms. The predicted molar refractivity (Wildman–Crippen MR) is 140 cm³/mol. The Bertz CT molecular complexity index is 1220. The fraction of sp³-hybridized carbons (Fsp3) is 0.333. The first-order chi connectivity index (χ1) is 17.6. The van der Waals surface area contributed by atoms with Gasteiger partial charge >= 0.3 is 11.9 Å². The minimum absolute atomic E-state index is 0.0157. The highest BCUT2D eigenvalue weighted by molar-refractivity contribution is 5.85. The predicted octanol–water partition coefficient (Wildman–Crippen LogP) is 3.54. The van der Waals surface area contributed by atoms with Crippen LogP contribution in [0.5, 0.6) is 0 Å². The quantitative estimate of drug-likeness (QED) is 0.404. The molecule has 3 aromatic rings. The van der Waals surface area contributed by atoms with Gasteiger partial charge in [-0.3, -0.25) is 10.1 Å². The molecule has 194 valence electrons. The number of hydrogen-bond acceptors (Lipinski definition) is 7. The number of ether oxygens (including phenoxy) is 2. The zero-order chi connectivity index (χ0) is 26.8.